The lowest BCUT2D eigenvalue weighted by Gasteiger charge is -2.11. The Morgan fingerprint density at radius 1 is 1.26 bits per heavy atom. The zero-order valence-electron chi connectivity index (χ0n) is 10.7. The van der Waals surface area contributed by atoms with Crippen molar-refractivity contribution in [3.8, 4) is 0 Å². The maximum absolute atomic E-state index is 11.8. The molecule has 1 aliphatic rings. The molecule has 1 unspecified atom stereocenters. The van der Waals surface area contributed by atoms with Gasteiger partial charge in [0.1, 0.15) is 0 Å². The third kappa shape index (κ3) is 3.94. The summed E-state index contributed by atoms with van der Waals surface area (Å²) in [6.45, 7) is 0.897. The van der Waals surface area contributed by atoms with E-state index in [4.69, 9.17) is 0 Å². The van der Waals surface area contributed by atoms with Crippen LogP contribution in [0.1, 0.15) is 23.2 Å². The molecule has 1 aromatic rings. The highest BCUT2D eigenvalue weighted by Crippen LogP contribution is 2.12. The van der Waals surface area contributed by atoms with Crippen LogP contribution < -0.4 is 16.0 Å². The lowest BCUT2D eigenvalue weighted by Crippen LogP contribution is -2.35. The Morgan fingerprint density at radius 3 is 2.47 bits per heavy atom. The summed E-state index contributed by atoms with van der Waals surface area (Å²) in [5, 5.41) is 8.52. The Bertz CT molecular complexity index is 442. The van der Waals surface area contributed by atoms with Crippen molar-refractivity contribution < 1.29 is 9.59 Å². The van der Waals surface area contributed by atoms with Gasteiger partial charge in [0.2, 0.25) is 5.91 Å². The molecule has 1 heterocycles. The third-order valence-corrected chi connectivity index (χ3v) is 3.02. The molecule has 2 amide bonds. The maximum Gasteiger partial charge on any atom is 0.251 e. The fraction of sp³-hybridized carbons (Fsp3) is 0.385. The van der Waals surface area contributed by atoms with Crippen LogP contribution in [0.5, 0.6) is 0 Å². The zero-order valence-corrected chi connectivity index (χ0v) is 11.5. The zero-order chi connectivity index (χ0) is 13.0. The van der Waals surface area contributed by atoms with Gasteiger partial charge in [-0.05, 0) is 43.7 Å². The van der Waals surface area contributed by atoms with E-state index in [9.17, 15) is 9.59 Å². The molecule has 1 saturated heterocycles. The molecule has 1 fully saturated rings. The van der Waals surface area contributed by atoms with Gasteiger partial charge >= 0.3 is 0 Å². The number of carbonyl (C=O) groups excluding carboxylic acids is 2. The van der Waals surface area contributed by atoms with E-state index in [1.807, 2.05) is 0 Å². The fourth-order valence-electron chi connectivity index (χ4n) is 1.99. The Morgan fingerprint density at radius 2 is 1.95 bits per heavy atom. The number of hydrogen-bond acceptors (Lipinski definition) is 3. The van der Waals surface area contributed by atoms with Crippen LogP contribution in [-0.2, 0) is 4.79 Å². The van der Waals surface area contributed by atoms with E-state index in [2.05, 4.69) is 16.0 Å². The quantitative estimate of drug-likeness (QED) is 0.780. The fourth-order valence-corrected chi connectivity index (χ4v) is 1.99. The molecule has 2 rings (SSSR count). The van der Waals surface area contributed by atoms with Crippen molar-refractivity contribution in [3.63, 3.8) is 0 Å². The molecule has 104 valence electrons. The largest absolute Gasteiger partial charge is 0.355 e. The van der Waals surface area contributed by atoms with Gasteiger partial charge in [-0.3, -0.25) is 9.59 Å². The summed E-state index contributed by atoms with van der Waals surface area (Å²) in [5.41, 5.74) is 1.29. The molecule has 1 aliphatic heterocycles. The van der Waals surface area contributed by atoms with Gasteiger partial charge in [-0.25, -0.2) is 0 Å². The minimum atomic E-state index is -0.134. The SMILES string of the molecule is CNC(=O)c1ccc(NC(=O)C2CCCN2)cc1.Cl. The summed E-state index contributed by atoms with van der Waals surface area (Å²) < 4.78 is 0. The second kappa shape index (κ2) is 7.11. The molecule has 0 aromatic heterocycles. The highest BCUT2D eigenvalue weighted by molar-refractivity contribution is 5.97. The lowest BCUT2D eigenvalue weighted by atomic mass is 10.1. The van der Waals surface area contributed by atoms with Gasteiger partial charge in [0.15, 0.2) is 0 Å². The first-order valence-corrected chi connectivity index (χ1v) is 6.07. The molecule has 19 heavy (non-hydrogen) atoms. The Kier molecular flexibility index (Phi) is 5.79. The number of hydrogen-bond donors (Lipinski definition) is 3. The van der Waals surface area contributed by atoms with Gasteiger partial charge in [-0.1, -0.05) is 0 Å². The Hall–Kier alpha value is -1.59. The molecule has 5 nitrogen and oxygen atoms in total. The molecular formula is C13H18ClN3O2. The third-order valence-electron chi connectivity index (χ3n) is 3.02. The van der Waals surface area contributed by atoms with Gasteiger partial charge in [0, 0.05) is 18.3 Å². The monoisotopic (exact) mass is 283 g/mol. The van der Waals surface area contributed by atoms with Crippen LogP contribution >= 0.6 is 12.4 Å². The smallest absolute Gasteiger partial charge is 0.251 e. The van der Waals surface area contributed by atoms with Gasteiger partial charge in [-0.15, -0.1) is 12.4 Å². The summed E-state index contributed by atoms with van der Waals surface area (Å²) >= 11 is 0. The van der Waals surface area contributed by atoms with Gasteiger partial charge in [0.05, 0.1) is 6.04 Å². The molecule has 0 spiro atoms. The average Bonchev–Trinajstić information content (AvgIpc) is 2.92. The number of halogens is 1. The topological polar surface area (TPSA) is 70.2 Å². The van der Waals surface area contributed by atoms with E-state index < -0.39 is 0 Å². The molecular weight excluding hydrogens is 266 g/mol. The number of amides is 2. The summed E-state index contributed by atoms with van der Waals surface area (Å²) in [5.74, 6) is -0.148. The number of rotatable bonds is 3. The summed E-state index contributed by atoms with van der Waals surface area (Å²) in [6, 6.07) is 6.76. The molecule has 3 N–H and O–H groups in total. The van der Waals surface area contributed by atoms with Crippen LogP contribution in [0.3, 0.4) is 0 Å². The first-order valence-electron chi connectivity index (χ1n) is 6.07. The van der Waals surface area contributed by atoms with Crippen LogP contribution in [0, 0.1) is 0 Å². The molecule has 0 radical (unpaired) electrons. The van der Waals surface area contributed by atoms with E-state index in [1.165, 1.54) is 0 Å². The minimum Gasteiger partial charge on any atom is -0.355 e. The maximum atomic E-state index is 11.8. The van der Waals surface area contributed by atoms with Crippen LogP contribution in [0.2, 0.25) is 0 Å². The van der Waals surface area contributed by atoms with Crippen LogP contribution in [0.25, 0.3) is 0 Å². The summed E-state index contributed by atoms with van der Waals surface area (Å²) in [4.78, 5) is 23.2. The van der Waals surface area contributed by atoms with Crippen molar-refractivity contribution in [2.24, 2.45) is 0 Å². The second-order valence-electron chi connectivity index (χ2n) is 4.29. The number of benzene rings is 1. The van der Waals surface area contributed by atoms with E-state index in [0.717, 1.165) is 19.4 Å². The normalized spacial score (nSPS) is 17.4. The lowest BCUT2D eigenvalue weighted by molar-refractivity contribution is -0.117. The Balaban J connectivity index is 0.00000180. The number of carbonyl (C=O) groups is 2. The van der Waals surface area contributed by atoms with E-state index in [-0.39, 0.29) is 30.3 Å². The molecule has 0 bridgehead atoms. The van der Waals surface area contributed by atoms with Crippen LogP contribution in [0.15, 0.2) is 24.3 Å². The van der Waals surface area contributed by atoms with Gasteiger partial charge in [-0.2, -0.15) is 0 Å². The van der Waals surface area contributed by atoms with Crippen LogP contribution in [0.4, 0.5) is 5.69 Å². The predicted molar refractivity (Wildman–Crippen MR) is 76.7 cm³/mol. The van der Waals surface area contributed by atoms with E-state index in [1.54, 1.807) is 31.3 Å². The highest BCUT2D eigenvalue weighted by Gasteiger charge is 2.21. The molecule has 0 saturated carbocycles. The van der Waals surface area contributed by atoms with Crippen molar-refractivity contribution in [1.29, 1.82) is 0 Å². The standard InChI is InChI=1S/C13H17N3O2.ClH/c1-14-12(17)9-4-6-10(7-5-9)16-13(18)11-3-2-8-15-11;/h4-7,11,15H,2-3,8H2,1H3,(H,14,17)(H,16,18);1H. The van der Waals surface area contributed by atoms with Crippen molar-refractivity contribution >= 4 is 29.9 Å². The van der Waals surface area contributed by atoms with E-state index >= 15 is 0 Å². The summed E-state index contributed by atoms with van der Waals surface area (Å²) in [6.07, 6.45) is 1.91. The highest BCUT2D eigenvalue weighted by atomic mass is 35.5. The van der Waals surface area contributed by atoms with E-state index in [0.29, 0.717) is 11.3 Å². The predicted octanol–water partition coefficient (Wildman–Crippen LogP) is 1.16. The summed E-state index contributed by atoms with van der Waals surface area (Å²) in [7, 11) is 1.59. The van der Waals surface area contributed by atoms with Crippen LogP contribution in [-0.4, -0.2) is 31.4 Å². The first-order chi connectivity index (χ1) is 8.70. The second-order valence-corrected chi connectivity index (χ2v) is 4.29. The van der Waals surface area contributed by atoms with Crippen molar-refractivity contribution in [1.82, 2.24) is 10.6 Å². The molecule has 1 atom stereocenters. The molecule has 1 aromatic carbocycles. The Labute approximate surface area is 118 Å². The van der Waals surface area contributed by atoms with Gasteiger partial charge in [0.25, 0.3) is 5.91 Å². The number of nitrogens with one attached hydrogen (secondary N) is 3. The minimum absolute atomic E-state index is 0. The first kappa shape index (κ1) is 15.5. The molecule has 6 heteroatoms. The number of anilines is 1. The molecule has 0 aliphatic carbocycles. The van der Waals surface area contributed by atoms with Crippen molar-refractivity contribution in [3.05, 3.63) is 29.8 Å². The van der Waals surface area contributed by atoms with Gasteiger partial charge < -0.3 is 16.0 Å². The average molecular weight is 284 g/mol. The van der Waals surface area contributed by atoms with Crippen molar-refractivity contribution in [2.45, 2.75) is 18.9 Å². The van der Waals surface area contributed by atoms with Crippen molar-refractivity contribution in [2.75, 3.05) is 18.9 Å².